The topological polar surface area (TPSA) is 83.0 Å². The van der Waals surface area contributed by atoms with Crippen molar-refractivity contribution in [3.05, 3.63) is 54.1 Å². The van der Waals surface area contributed by atoms with Gasteiger partial charge in [-0.1, -0.05) is 12.1 Å². The maximum atomic E-state index is 11.9. The minimum atomic E-state index is -0.843. The number of hydrogen-bond acceptors (Lipinski definition) is 5. The van der Waals surface area contributed by atoms with E-state index < -0.39 is 11.8 Å². The van der Waals surface area contributed by atoms with Crippen molar-refractivity contribution in [2.24, 2.45) is 5.10 Å². The molecule has 0 aliphatic heterocycles. The third kappa shape index (κ3) is 6.12. The van der Waals surface area contributed by atoms with Gasteiger partial charge in [-0.2, -0.15) is 5.10 Å². The number of hydrogen-bond donors (Lipinski definition) is 2. The van der Waals surface area contributed by atoms with Crippen LogP contribution >= 0.6 is 0 Å². The van der Waals surface area contributed by atoms with E-state index >= 15 is 0 Å². The van der Waals surface area contributed by atoms with E-state index in [-0.39, 0.29) is 0 Å². The van der Waals surface area contributed by atoms with Gasteiger partial charge in [-0.05, 0) is 62.7 Å². The third-order valence-corrected chi connectivity index (χ3v) is 4.03. The lowest BCUT2D eigenvalue weighted by Crippen LogP contribution is -2.32. The Morgan fingerprint density at radius 3 is 2.18 bits per heavy atom. The van der Waals surface area contributed by atoms with Gasteiger partial charge in [0.2, 0.25) is 0 Å². The average Bonchev–Trinajstić information content (AvgIpc) is 2.71. The predicted molar refractivity (Wildman–Crippen MR) is 112 cm³/mol. The molecule has 0 radical (unpaired) electrons. The van der Waals surface area contributed by atoms with Gasteiger partial charge in [-0.25, -0.2) is 5.43 Å². The molecule has 0 spiro atoms. The highest BCUT2D eigenvalue weighted by Gasteiger charge is 2.12. The molecule has 7 nitrogen and oxygen atoms in total. The SMILES string of the molecule is CCOc1ccc(NC(=O)C(=O)NN=Cc2ccc(N(CC)CC)cc2)cc1. The molecule has 2 amide bonds. The molecule has 0 aromatic heterocycles. The van der Waals surface area contributed by atoms with Gasteiger partial charge in [-0.3, -0.25) is 9.59 Å². The molecule has 0 aliphatic rings. The van der Waals surface area contributed by atoms with E-state index in [1.54, 1.807) is 24.3 Å². The highest BCUT2D eigenvalue weighted by molar-refractivity contribution is 6.39. The lowest BCUT2D eigenvalue weighted by Gasteiger charge is -2.20. The summed E-state index contributed by atoms with van der Waals surface area (Å²) in [6.45, 7) is 8.52. The first-order valence-corrected chi connectivity index (χ1v) is 9.29. The van der Waals surface area contributed by atoms with Crippen LogP contribution in [0.15, 0.2) is 53.6 Å². The second kappa shape index (κ2) is 10.7. The van der Waals surface area contributed by atoms with Crippen LogP contribution in [0.2, 0.25) is 0 Å². The maximum Gasteiger partial charge on any atom is 0.329 e. The monoisotopic (exact) mass is 382 g/mol. The molecule has 2 rings (SSSR count). The molecule has 0 saturated carbocycles. The number of rotatable bonds is 8. The van der Waals surface area contributed by atoms with E-state index in [2.05, 4.69) is 34.6 Å². The van der Waals surface area contributed by atoms with Crippen LogP contribution in [0.1, 0.15) is 26.3 Å². The summed E-state index contributed by atoms with van der Waals surface area (Å²) in [4.78, 5) is 26.0. The molecule has 2 aromatic rings. The first kappa shape index (κ1) is 21.0. The summed E-state index contributed by atoms with van der Waals surface area (Å²) in [5.41, 5.74) is 4.67. The summed E-state index contributed by atoms with van der Waals surface area (Å²) in [5, 5.41) is 6.35. The lowest BCUT2D eigenvalue weighted by molar-refractivity contribution is -0.136. The maximum absolute atomic E-state index is 11.9. The molecule has 0 unspecified atom stereocenters. The van der Waals surface area contributed by atoms with Crippen LogP contribution in [0.3, 0.4) is 0 Å². The zero-order chi connectivity index (χ0) is 20.4. The Morgan fingerprint density at radius 2 is 1.61 bits per heavy atom. The lowest BCUT2D eigenvalue weighted by atomic mass is 10.2. The molecule has 0 heterocycles. The largest absolute Gasteiger partial charge is 0.494 e. The summed E-state index contributed by atoms with van der Waals surface area (Å²) in [5.74, 6) is -0.940. The number of ether oxygens (including phenoxy) is 1. The smallest absolute Gasteiger partial charge is 0.329 e. The summed E-state index contributed by atoms with van der Waals surface area (Å²) in [6.07, 6.45) is 1.49. The van der Waals surface area contributed by atoms with Crippen LogP contribution in [0.5, 0.6) is 5.75 Å². The second-order valence-electron chi connectivity index (χ2n) is 5.87. The minimum Gasteiger partial charge on any atom is -0.494 e. The molecule has 0 fully saturated rings. The number of amides is 2. The zero-order valence-corrected chi connectivity index (χ0v) is 16.4. The normalized spacial score (nSPS) is 10.5. The van der Waals surface area contributed by atoms with E-state index in [0.717, 1.165) is 24.3 Å². The van der Waals surface area contributed by atoms with Gasteiger partial charge in [0, 0.05) is 24.5 Å². The number of nitrogens with one attached hydrogen (secondary N) is 2. The zero-order valence-electron chi connectivity index (χ0n) is 16.4. The molecule has 0 atom stereocenters. The van der Waals surface area contributed by atoms with Gasteiger partial charge in [-0.15, -0.1) is 0 Å². The van der Waals surface area contributed by atoms with Crippen LogP contribution in [-0.2, 0) is 9.59 Å². The molecule has 0 aliphatic carbocycles. The van der Waals surface area contributed by atoms with Crippen molar-refractivity contribution in [1.82, 2.24) is 5.43 Å². The molecule has 2 N–H and O–H groups in total. The number of benzene rings is 2. The standard InChI is InChI=1S/C21H26N4O3/c1-4-25(5-2)18-11-7-16(8-12-18)15-22-24-21(27)20(26)23-17-9-13-19(14-10-17)28-6-3/h7-15H,4-6H2,1-3H3,(H,23,26)(H,24,27). The Kier molecular flexibility index (Phi) is 8.02. The van der Waals surface area contributed by atoms with Crippen LogP contribution in [0.4, 0.5) is 11.4 Å². The van der Waals surface area contributed by atoms with Crippen molar-refractivity contribution in [2.75, 3.05) is 29.9 Å². The van der Waals surface area contributed by atoms with E-state index in [1.165, 1.54) is 6.21 Å². The fourth-order valence-corrected chi connectivity index (χ4v) is 2.57. The minimum absolute atomic E-state index is 0.500. The first-order valence-electron chi connectivity index (χ1n) is 9.29. The van der Waals surface area contributed by atoms with E-state index in [9.17, 15) is 9.59 Å². The molecule has 0 saturated heterocycles. The van der Waals surface area contributed by atoms with E-state index in [1.807, 2.05) is 31.2 Å². The first-order chi connectivity index (χ1) is 13.6. The molecule has 7 heteroatoms. The molecule has 2 aromatic carbocycles. The summed E-state index contributed by atoms with van der Waals surface area (Å²) < 4.78 is 5.33. The number of carbonyl (C=O) groups excluding carboxylic acids is 2. The number of nitrogens with zero attached hydrogens (tertiary/aromatic N) is 2. The van der Waals surface area contributed by atoms with Crippen molar-refractivity contribution in [2.45, 2.75) is 20.8 Å². The highest BCUT2D eigenvalue weighted by atomic mass is 16.5. The predicted octanol–water partition coefficient (Wildman–Crippen LogP) is 3.02. The van der Waals surface area contributed by atoms with E-state index in [4.69, 9.17) is 4.74 Å². The van der Waals surface area contributed by atoms with Gasteiger partial charge in [0.25, 0.3) is 0 Å². The number of hydrazone groups is 1. The average molecular weight is 382 g/mol. The van der Waals surface area contributed by atoms with Crippen LogP contribution in [-0.4, -0.2) is 37.7 Å². The Morgan fingerprint density at radius 1 is 0.964 bits per heavy atom. The van der Waals surface area contributed by atoms with Gasteiger partial charge in [0.15, 0.2) is 0 Å². The summed E-state index contributed by atoms with van der Waals surface area (Å²) in [7, 11) is 0. The second-order valence-corrected chi connectivity index (χ2v) is 5.87. The Labute approximate surface area is 165 Å². The van der Waals surface area contributed by atoms with Gasteiger partial charge in [0.05, 0.1) is 12.8 Å². The van der Waals surface area contributed by atoms with Crippen molar-refractivity contribution >= 4 is 29.4 Å². The fourth-order valence-electron chi connectivity index (χ4n) is 2.57. The highest BCUT2D eigenvalue weighted by Crippen LogP contribution is 2.15. The molecule has 28 heavy (non-hydrogen) atoms. The van der Waals surface area contributed by atoms with Crippen LogP contribution < -0.4 is 20.4 Å². The molecular weight excluding hydrogens is 356 g/mol. The summed E-state index contributed by atoms with van der Waals surface area (Å²) in [6, 6.07) is 14.6. The Hall–Kier alpha value is -3.35. The van der Waals surface area contributed by atoms with Crippen molar-refractivity contribution < 1.29 is 14.3 Å². The van der Waals surface area contributed by atoms with Crippen LogP contribution in [0, 0.1) is 0 Å². The number of anilines is 2. The van der Waals surface area contributed by atoms with E-state index in [0.29, 0.717) is 18.0 Å². The van der Waals surface area contributed by atoms with Crippen molar-refractivity contribution in [1.29, 1.82) is 0 Å². The third-order valence-electron chi connectivity index (χ3n) is 4.03. The molecular formula is C21H26N4O3. The number of carbonyl (C=O) groups is 2. The van der Waals surface area contributed by atoms with Crippen LogP contribution in [0.25, 0.3) is 0 Å². The molecule has 148 valence electrons. The molecule has 0 bridgehead atoms. The summed E-state index contributed by atoms with van der Waals surface area (Å²) >= 11 is 0. The Balaban J connectivity index is 1.85. The fraction of sp³-hybridized carbons (Fsp3) is 0.286. The quantitative estimate of drug-likeness (QED) is 0.418. The van der Waals surface area contributed by atoms with Gasteiger partial charge >= 0.3 is 11.8 Å². The van der Waals surface area contributed by atoms with Crippen molar-refractivity contribution in [3.8, 4) is 5.75 Å². The van der Waals surface area contributed by atoms with Gasteiger partial charge < -0.3 is 15.0 Å². The Bertz CT molecular complexity index is 797. The van der Waals surface area contributed by atoms with Gasteiger partial charge in [0.1, 0.15) is 5.75 Å². The van der Waals surface area contributed by atoms with Crippen molar-refractivity contribution in [3.63, 3.8) is 0 Å².